The maximum atomic E-state index is 10.9. The van der Waals surface area contributed by atoms with E-state index in [-0.39, 0.29) is 11.7 Å². The smallest absolute Gasteiger partial charge is 0.304 e. The molecule has 0 aromatic carbocycles. The molecule has 1 unspecified atom stereocenters. The van der Waals surface area contributed by atoms with E-state index >= 15 is 0 Å². The van der Waals surface area contributed by atoms with Crippen molar-refractivity contribution in [3.63, 3.8) is 0 Å². The number of carbonyl (C=O) groups is 1. The van der Waals surface area contributed by atoms with Crippen molar-refractivity contribution in [1.82, 2.24) is 9.97 Å². The molecule has 0 aliphatic rings. The molecule has 2 aromatic rings. The van der Waals surface area contributed by atoms with Crippen LogP contribution in [0.25, 0.3) is 0 Å². The summed E-state index contributed by atoms with van der Waals surface area (Å²) in [6.45, 7) is 0. The van der Waals surface area contributed by atoms with Gasteiger partial charge in [-0.1, -0.05) is 21.6 Å². The van der Waals surface area contributed by atoms with Crippen LogP contribution in [0.2, 0.25) is 0 Å². The Bertz CT molecular complexity index is 504. The Morgan fingerprint density at radius 2 is 1.85 bits per heavy atom. The summed E-state index contributed by atoms with van der Waals surface area (Å²) in [5.41, 5.74) is 0. The first kappa shape index (κ1) is 16.5. The van der Waals surface area contributed by atoms with E-state index in [1.54, 1.807) is 78.2 Å². The van der Waals surface area contributed by atoms with Gasteiger partial charge in [-0.05, 0) is 21.6 Å². The summed E-state index contributed by atoms with van der Waals surface area (Å²) < 4.78 is 1.96. The van der Waals surface area contributed by atoms with E-state index < -0.39 is 5.97 Å². The van der Waals surface area contributed by atoms with Gasteiger partial charge < -0.3 is 5.11 Å². The summed E-state index contributed by atoms with van der Waals surface area (Å²) in [6.07, 6.45) is 3.69. The average Bonchev–Trinajstić information content (AvgIpc) is 3.08. The van der Waals surface area contributed by atoms with Gasteiger partial charge in [-0.2, -0.15) is 0 Å². The van der Waals surface area contributed by atoms with Gasteiger partial charge in [-0.25, -0.2) is 9.97 Å². The molecule has 2 aromatic heterocycles. The Hall–Kier alpha value is 0.130. The van der Waals surface area contributed by atoms with Crippen LogP contribution >= 0.6 is 65.8 Å². The molecule has 0 saturated carbocycles. The highest BCUT2D eigenvalue weighted by atomic mass is 33.1. The van der Waals surface area contributed by atoms with Gasteiger partial charge in [-0.3, -0.25) is 4.79 Å². The van der Waals surface area contributed by atoms with Crippen LogP contribution in [-0.4, -0.2) is 32.0 Å². The lowest BCUT2D eigenvalue weighted by molar-refractivity contribution is -0.136. The van der Waals surface area contributed by atoms with E-state index in [2.05, 4.69) is 9.97 Å². The van der Waals surface area contributed by atoms with E-state index in [9.17, 15) is 4.79 Å². The molecule has 0 aliphatic heterocycles. The number of aromatic nitrogens is 2. The Balaban J connectivity index is 1.75. The van der Waals surface area contributed by atoms with Crippen molar-refractivity contribution >= 4 is 71.8 Å². The number of thiazole rings is 2. The van der Waals surface area contributed by atoms with Crippen LogP contribution in [0.1, 0.15) is 6.42 Å². The van der Waals surface area contributed by atoms with E-state index in [4.69, 9.17) is 5.11 Å². The summed E-state index contributed by atoms with van der Waals surface area (Å²) in [7, 11) is 6.38. The average molecular weight is 383 g/mol. The summed E-state index contributed by atoms with van der Waals surface area (Å²) in [5.74, 6) is 0.00152. The maximum Gasteiger partial charge on any atom is 0.304 e. The number of carboxylic acids is 1. The normalized spacial score (nSPS) is 12.4. The van der Waals surface area contributed by atoms with Crippen molar-refractivity contribution < 1.29 is 9.90 Å². The molecule has 4 nitrogen and oxygen atoms in total. The minimum Gasteiger partial charge on any atom is -0.481 e. The molecular formula is C10H10N2O2S6. The van der Waals surface area contributed by atoms with Crippen LogP contribution < -0.4 is 0 Å². The molecule has 20 heavy (non-hydrogen) atoms. The SMILES string of the molecule is O=C(O)CC(CSSc1nccs1)SSc1nccs1. The van der Waals surface area contributed by atoms with Gasteiger partial charge in [-0.15, -0.1) is 22.7 Å². The van der Waals surface area contributed by atoms with E-state index in [0.29, 0.717) is 0 Å². The highest BCUT2D eigenvalue weighted by Gasteiger charge is 2.16. The first-order valence-corrected chi connectivity index (χ1v) is 11.7. The van der Waals surface area contributed by atoms with Gasteiger partial charge in [0.1, 0.15) is 0 Å². The number of aliphatic carboxylic acids is 1. The molecule has 0 fully saturated rings. The third-order valence-electron chi connectivity index (χ3n) is 1.86. The molecule has 10 heteroatoms. The fourth-order valence-corrected chi connectivity index (χ4v) is 8.33. The van der Waals surface area contributed by atoms with Crippen molar-refractivity contribution in [2.24, 2.45) is 0 Å². The summed E-state index contributed by atoms with van der Waals surface area (Å²) in [4.78, 5) is 19.3. The molecule has 0 amide bonds. The predicted molar refractivity (Wildman–Crippen MR) is 92.0 cm³/mol. The Morgan fingerprint density at radius 3 is 2.40 bits per heavy atom. The molecule has 2 rings (SSSR count). The maximum absolute atomic E-state index is 10.9. The second-order valence-electron chi connectivity index (χ2n) is 3.36. The zero-order chi connectivity index (χ0) is 14.2. The highest BCUT2D eigenvalue weighted by Crippen LogP contribution is 2.41. The van der Waals surface area contributed by atoms with E-state index in [0.717, 1.165) is 14.4 Å². The van der Waals surface area contributed by atoms with Crippen molar-refractivity contribution in [3.8, 4) is 0 Å². The molecule has 108 valence electrons. The quantitative estimate of drug-likeness (QED) is 0.630. The van der Waals surface area contributed by atoms with Crippen molar-refractivity contribution in [1.29, 1.82) is 0 Å². The van der Waals surface area contributed by atoms with Crippen LogP contribution in [0.4, 0.5) is 0 Å². The van der Waals surface area contributed by atoms with Crippen LogP contribution in [0.5, 0.6) is 0 Å². The molecule has 0 saturated heterocycles. The minimum atomic E-state index is -0.762. The summed E-state index contributed by atoms with van der Waals surface area (Å²) >= 11 is 3.16. The second-order valence-corrected chi connectivity index (χ2v) is 10.5. The third kappa shape index (κ3) is 6.27. The van der Waals surface area contributed by atoms with E-state index in [1.165, 1.54) is 0 Å². The molecule has 0 aliphatic carbocycles. The van der Waals surface area contributed by atoms with Gasteiger partial charge >= 0.3 is 5.97 Å². The van der Waals surface area contributed by atoms with Crippen LogP contribution in [0, 0.1) is 0 Å². The minimum absolute atomic E-state index is 0.0545. The number of nitrogens with zero attached hydrogens (tertiary/aromatic N) is 2. The number of carboxylic acid groups (broad SMARTS) is 1. The van der Waals surface area contributed by atoms with Crippen molar-refractivity contribution in [2.45, 2.75) is 20.4 Å². The number of rotatable bonds is 9. The van der Waals surface area contributed by atoms with Crippen LogP contribution in [-0.2, 0) is 4.79 Å². The lowest BCUT2D eigenvalue weighted by atomic mass is 10.3. The van der Waals surface area contributed by atoms with Crippen LogP contribution in [0.3, 0.4) is 0 Å². The van der Waals surface area contributed by atoms with E-state index in [1.807, 2.05) is 10.8 Å². The zero-order valence-electron chi connectivity index (χ0n) is 10.0. The lowest BCUT2D eigenvalue weighted by Gasteiger charge is -2.11. The Morgan fingerprint density at radius 1 is 1.20 bits per heavy atom. The van der Waals surface area contributed by atoms with Gasteiger partial charge in [0, 0.05) is 34.2 Å². The summed E-state index contributed by atoms with van der Waals surface area (Å²) in [5, 5.41) is 12.9. The molecular weight excluding hydrogens is 373 g/mol. The first-order valence-electron chi connectivity index (χ1n) is 5.37. The monoisotopic (exact) mass is 382 g/mol. The fraction of sp³-hybridized carbons (Fsp3) is 0.300. The molecule has 0 bridgehead atoms. The summed E-state index contributed by atoms with van der Waals surface area (Å²) in [6, 6.07) is 0. The molecule has 1 atom stereocenters. The van der Waals surface area contributed by atoms with Gasteiger partial charge in [0.05, 0.1) is 6.42 Å². The largest absolute Gasteiger partial charge is 0.481 e. The Labute approximate surface area is 140 Å². The number of hydrogen-bond donors (Lipinski definition) is 1. The van der Waals surface area contributed by atoms with Gasteiger partial charge in [0.2, 0.25) is 0 Å². The molecule has 0 spiro atoms. The predicted octanol–water partition coefficient (Wildman–Crippen LogP) is 4.62. The number of hydrogen-bond acceptors (Lipinski definition) is 9. The second kappa shape index (κ2) is 9.21. The Kier molecular flexibility index (Phi) is 7.60. The topological polar surface area (TPSA) is 63.1 Å². The van der Waals surface area contributed by atoms with Crippen LogP contribution in [0.15, 0.2) is 31.8 Å². The van der Waals surface area contributed by atoms with Gasteiger partial charge in [0.25, 0.3) is 0 Å². The third-order valence-corrected chi connectivity index (χ3v) is 9.58. The lowest BCUT2D eigenvalue weighted by Crippen LogP contribution is -2.11. The molecule has 0 radical (unpaired) electrons. The van der Waals surface area contributed by atoms with Crippen molar-refractivity contribution in [3.05, 3.63) is 23.2 Å². The molecule has 1 N–H and O–H groups in total. The molecule has 2 heterocycles. The first-order chi connectivity index (χ1) is 9.74. The van der Waals surface area contributed by atoms with Crippen molar-refractivity contribution in [2.75, 3.05) is 5.75 Å². The zero-order valence-corrected chi connectivity index (χ0v) is 14.9. The fourth-order valence-electron chi connectivity index (χ4n) is 1.09. The highest BCUT2D eigenvalue weighted by molar-refractivity contribution is 8.78. The van der Waals surface area contributed by atoms with Gasteiger partial charge in [0.15, 0.2) is 8.68 Å². The standard InChI is InChI=1S/C10H10N2O2S6/c13-8(14)5-7(18-20-10-12-2-4-16-10)6-17-19-9-11-1-3-15-9/h1-4,7H,5-6H2,(H,13,14).